The van der Waals surface area contributed by atoms with Crippen molar-refractivity contribution >= 4 is 5.91 Å². The van der Waals surface area contributed by atoms with E-state index in [0.29, 0.717) is 18.2 Å². The Labute approximate surface area is 121 Å². The topological polar surface area (TPSA) is 41.6 Å². The molecule has 1 saturated heterocycles. The second-order valence-corrected chi connectivity index (χ2v) is 5.43. The molecule has 1 aromatic rings. The molecule has 0 bridgehead atoms. The monoisotopic (exact) mass is 276 g/mol. The van der Waals surface area contributed by atoms with Gasteiger partial charge in [-0.15, -0.1) is 0 Å². The minimum Gasteiger partial charge on any atom is -0.494 e. The number of hydrogen-bond acceptors (Lipinski definition) is 3. The number of carbonyl (C=O) groups excluding carboxylic acids is 1. The van der Waals surface area contributed by atoms with Crippen molar-refractivity contribution in [3.8, 4) is 5.75 Å². The Hall–Kier alpha value is -1.55. The first-order chi connectivity index (χ1) is 9.69. The van der Waals surface area contributed by atoms with Gasteiger partial charge in [0.25, 0.3) is 5.91 Å². The van der Waals surface area contributed by atoms with Crippen LogP contribution in [0.25, 0.3) is 0 Å². The van der Waals surface area contributed by atoms with Crippen molar-refractivity contribution in [2.45, 2.75) is 32.2 Å². The highest BCUT2D eigenvalue weighted by Crippen LogP contribution is 2.15. The van der Waals surface area contributed by atoms with Gasteiger partial charge in [0, 0.05) is 11.6 Å². The van der Waals surface area contributed by atoms with Crippen molar-refractivity contribution in [1.82, 2.24) is 10.2 Å². The van der Waals surface area contributed by atoms with Gasteiger partial charge in [-0.2, -0.15) is 0 Å². The Kier molecular flexibility index (Phi) is 5.41. The molecule has 2 rings (SSSR count). The largest absolute Gasteiger partial charge is 0.494 e. The lowest BCUT2D eigenvalue weighted by Gasteiger charge is -2.29. The number of hydrogen-bond donors (Lipinski definition) is 1. The lowest BCUT2D eigenvalue weighted by Crippen LogP contribution is -2.43. The molecule has 110 valence electrons. The highest BCUT2D eigenvalue weighted by atomic mass is 16.5. The number of nitrogens with one attached hydrogen (secondary N) is 1. The lowest BCUT2D eigenvalue weighted by atomic mass is 10.0. The number of rotatable bonds is 5. The molecule has 20 heavy (non-hydrogen) atoms. The van der Waals surface area contributed by atoms with E-state index in [1.807, 2.05) is 24.3 Å². The molecule has 1 heterocycles. The summed E-state index contributed by atoms with van der Waals surface area (Å²) in [7, 11) is 2.12. The zero-order chi connectivity index (χ0) is 14.4. The number of amides is 1. The molecule has 0 aliphatic carbocycles. The van der Waals surface area contributed by atoms with Gasteiger partial charge in [0.15, 0.2) is 0 Å². The maximum absolute atomic E-state index is 12.2. The number of ether oxygens (including phenoxy) is 1. The van der Waals surface area contributed by atoms with E-state index in [-0.39, 0.29) is 5.91 Å². The molecule has 4 heteroatoms. The van der Waals surface area contributed by atoms with Crippen LogP contribution >= 0.6 is 0 Å². The molecule has 1 N–H and O–H groups in total. The first-order valence-corrected chi connectivity index (χ1v) is 7.41. The molecular formula is C16H24N2O2. The molecule has 4 nitrogen and oxygen atoms in total. The summed E-state index contributed by atoms with van der Waals surface area (Å²) in [5.74, 6) is 0.768. The van der Waals surface area contributed by atoms with Crippen LogP contribution in [0.2, 0.25) is 0 Å². The maximum Gasteiger partial charge on any atom is 0.251 e. The molecule has 0 spiro atoms. The summed E-state index contributed by atoms with van der Waals surface area (Å²) in [5, 5.41) is 3.12. The van der Waals surface area contributed by atoms with Crippen LogP contribution in [0.15, 0.2) is 24.3 Å². The van der Waals surface area contributed by atoms with E-state index >= 15 is 0 Å². The van der Waals surface area contributed by atoms with Crippen molar-refractivity contribution in [2.75, 3.05) is 26.7 Å². The molecule has 0 aromatic heterocycles. The zero-order valence-electron chi connectivity index (χ0n) is 12.4. The van der Waals surface area contributed by atoms with Crippen LogP contribution in [0.5, 0.6) is 5.75 Å². The third-order valence-corrected chi connectivity index (χ3v) is 3.62. The summed E-state index contributed by atoms with van der Waals surface area (Å²) in [6.45, 7) is 4.84. The van der Waals surface area contributed by atoms with Crippen molar-refractivity contribution in [1.29, 1.82) is 0 Å². The molecule has 1 aliphatic rings. The number of likely N-dealkylation sites (tertiary alicyclic amines) is 1. The van der Waals surface area contributed by atoms with Crippen LogP contribution in [-0.2, 0) is 0 Å². The molecule has 1 aliphatic heterocycles. The molecule has 0 atom stereocenters. The number of piperidine rings is 1. The van der Waals surface area contributed by atoms with Crippen LogP contribution in [0.3, 0.4) is 0 Å². The van der Waals surface area contributed by atoms with Crippen LogP contribution in [0.4, 0.5) is 0 Å². The summed E-state index contributed by atoms with van der Waals surface area (Å²) < 4.78 is 5.56. The van der Waals surface area contributed by atoms with E-state index in [4.69, 9.17) is 4.74 Å². The van der Waals surface area contributed by atoms with Crippen LogP contribution in [-0.4, -0.2) is 43.6 Å². The number of benzene rings is 1. The van der Waals surface area contributed by atoms with Crippen LogP contribution in [0, 0.1) is 0 Å². The predicted octanol–water partition coefficient (Wildman–Crippen LogP) is 2.30. The molecule has 0 saturated carbocycles. The summed E-state index contributed by atoms with van der Waals surface area (Å²) >= 11 is 0. The fourth-order valence-corrected chi connectivity index (χ4v) is 2.37. The van der Waals surface area contributed by atoms with Gasteiger partial charge in [0.1, 0.15) is 5.75 Å². The van der Waals surface area contributed by atoms with E-state index < -0.39 is 0 Å². The number of carbonyl (C=O) groups is 1. The van der Waals surface area contributed by atoms with Gasteiger partial charge in [-0.05, 0) is 57.6 Å². The van der Waals surface area contributed by atoms with Crippen molar-refractivity contribution < 1.29 is 9.53 Å². The van der Waals surface area contributed by atoms with E-state index in [2.05, 4.69) is 24.2 Å². The van der Waals surface area contributed by atoms with E-state index in [1.54, 1.807) is 0 Å². The Morgan fingerprint density at radius 2 is 2.15 bits per heavy atom. The normalized spacial score (nSPS) is 16.9. The molecule has 0 unspecified atom stereocenters. The zero-order valence-corrected chi connectivity index (χ0v) is 12.4. The smallest absolute Gasteiger partial charge is 0.251 e. The van der Waals surface area contributed by atoms with Gasteiger partial charge in [-0.1, -0.05) is 13.0 Å². The quantitative estimate of drug-likeness (QED) is 0.897. The number of nitrogens with zero attached hydrogens (tertiary/aromatic N) is 1. The average Bonchev–Trinajstić information content (AvgIpc) is 2.48. The summed E-state index contributed by atoms with van der Waals surface area (Å²) in [6.07, 6.45) is 3.01. The van der Waals surface area contributed by atoms with Crippen molar-refractivity contribution in [2.24, 2.45) is 0 Å². The minimum atomic E-state index is 0.00139. The predicted molar refractivity (Wildman–Crippen MR) is 80.2 cm³/mol. The van der Waals surface area contributed by atoms with Crippen molar-refractivity contribution in [3.05, 3.63) is 29.8 Å². The molecule has 1 amide bonds. The van der Waals surface area contributed by atoms with E-state index in [0.717, 1.165) is 38.1 Å². The van der Waals surface area contributed by atoms with Gasteiger partial charge in [-0.25, -0.2) is 0 Å². The first kappa shape index (κ1) is 14.9. The van der Waals surface area contributed by atoms with E-state index in [9.17, 15) is 4.79 Å². The molecule has 1 aromatic carbocycles. The third-order valence-electron chi connectivity index (χ3n) is 3.62. The lowest BCUT2D eigenvalue weighted by molar-refractivity contribution is 0.0916. The SMILES string of the molecule is CCCOc1cccc(C(=O)NC2CCN(C)CC2)c1. The Morgan fingerprint density at radius 1 is 1.40 bits per heavy atom. The fraction of sp³-hybridized carbons (Fsp3) is 0.562. The summed E-state index contributed by atoms with van der Waals surface area (Å²) in [6, 6.07) is 7.71. The Bertz CT molecular complexity index is 440. The maximum atomic E-state index is 12.2. The minimum absolute atomic E-state index is 0.00139. The summed E-state index contributed by atoms with van der Waals surface area (Å²) in [4.78, 5) is 14.5. The van der Waals surface area contributed by atoms with Gasteiger partial charge in [0.2, 0.25) is 0 Å². The van der Waals surface area contributed by atoms with Gasteiger partial charge >= 0.3 is 0 Å². The Balaban J connectivity index is 1.91. The molecule has 1 fully saturated rings. The van der Waals surface area contributed by atoms with Gasteiger partial charge in [-0.3, -0.25) is 4.79 Å². The summed E-state index contributed by atoms with van der Waals surface area (Å²) in [5.41, 5.74) is 0.678. The fourth-order valence-electron chi connectivity index (χ4n) is 2.37. The van der Waals surface area contributed by atoms with Gasteiger partial charge in [0.05, 0.1) is 6.61 Å². The van der Waals surface area contributed by atoms with Crippen LogP contribution in [0.1, 0.15) is 36.5 Å². The average molecular weight is 276 g/mol. The standard InChI is InChI=1S/C16H24N2O2/c1-3-11-20-15-6-4-5-13(12-15)16(19)17-14-7-9-18(2)10-8-14/h4-6,12,14H,3,7-11H2,1-2H3,(H,17,19). The highest BCUT2D eigenvalue weighted by molar-refractivity contribution is 5.94. The molecule has 0 radical (unpaired) electrons. The first-order valence-electron chi connectivity index (χ1n) is 7.41. The highest BCUT2D eigenvalue weighted by Gasteiger charge is 2.19. The Morgan fingerprint density at radius 3 is 2.85 bits per heavy atom. The second kappa shape index (κ2) is 7.29. The van der Waals surface area contributed by atoms with Crippen LogP contribution < -0.4 is 10.1 Å². The van der Waals surface area contributed by atoms with E-state index in [1.165, 1.54) is 0 Å². The third kappa shape index (κ3) is 4.23. The molecular weight excluding hydrogens is 252 g/mol. The van der Waals surface area contributed by atoms with Crippen molar-refractivity contribution in [3.63, 3.8) is 0 Å². The second-order valence-electron chi connectivity index (χ2n) is 5.43. The van der Waals surface area contributed by atoms with Gasteiger partial charge < -0.3 is 15.0 Å².